The van der Waals surface area contributed by atoms with Gasteiger partial charge in [-0.3, -0.25) is 9.80 Å². The van der Waals surface area contributed by atoms with Crippen LogP contribution < -0.4 is 14.9 Å². The normalized spacial score (nSPS) is 14.7. The first kappa shape index (κ1) is 20.9. The molecule has 2 aromatic carbocycles. The molecule has 4 aromatic rings. The maximum atomic E-state index is 14.0. The average Bonchev–Trinajstić information content (AvgIpc) is 3.45. The standard InChI is InChI=1S/C19H15FN6O3S3/c1-10-17(32(21,28)29)30-18(22-10)26-7-6-25(19(26)27)13-4-2-11(3-5-13)14-8-12(20)9-15-16(14)24-31-23-15/h2-5,8-9H,6-7H2,1H3,(H2,21,28,29). The molecule has 2 aromatic heterocycles. The maximum absolute atomic E-state index is 14.0. The highest BCUT2D eigenvalue weighted by Crippen LogP contribution is 2.34. The molecule has 9 nitrogen and oxygen atoms in total. The predicted molar refractivity (Wildman–Crippen MR) is 121 cm³/mol. The predicted octanol–water partition coefficient (Wildman–Crippen LogP) is 3.36. The van der Waals surface area contributed by atoms with Crippen LogP contribution in [0.1, 0.15) is 5.69 Å². The van der Waals surface area contributed by atoms with E-state index in [1.807, 2.05) is 0 Å². The number of anilines is 2. The fourth-order valence-electron chi connectivity index (χ4n) is 3.60. The largest absolute Gasteiger partial charge is 0.330 e. The van der Waals surface area contributed by atoms with Gasteiger partial charge >= 0.3 is 6.03 Å². The van der Waals surface area contributed by atoms with Gasteiger partial charge in [-0.2, -0.15) is 8.75 Å². The molecule has 0 aliphatic carbocycles. The highest BCUT2D eigenvalue weighted by molar-refractivity contribution is 7.91. The van der Waals surface area contributed by atoms with Crippen LogP contribution in [0.4, 0.5) is 20.0 Å². The van der Waals surface area contributed by atoms with Gasteiger partial charge in [-0.1, -0.05) is 23.5 Å². The van der Waals surface area contributed by atoms with E-state index in [0.29, 0.717) is 35.4 Å². The van der Waals surface area contributed by atoms with Crippen molar-refractivity contribution < 1.29 is 17.6 Å². The third-order valence-electron chi connectivity index (χ3n) is 5.06. The number of thiazole rings is 1. The number of hydrogen-bond donors (Lipinski definition) is 1. The van der Waals surface area contributed by atoms with E-state index in [0.717, 1.165) is 28.6 Å². The van der Waals surface area contributed by atoms with Gasteiger partial charge in [0.25, 0.3) is 0 Å². The number of nitrogens with two attached hydrogens (primary N) is 1. The first-order valence-electron chi connectivity index (χ1n) is 9.34. The zero-order chi connectivity index (χ0) is 22.6. The highest BCUT2D eigenvalue weighted by atomic mass is 32.2. The van der Waals surface area contributed by atoms with E-state index in [-0.39, 0.29) is 21.1 Å². The Morgan fingerprint density at radius 1 is 1.09 bits per heavy atom. The Labute approximate surface area is 190 Å². The Kier molecular flexibility index (Phi) is 4.93. The van der Waals surface area contributed by atoms with E-state index in [1.165, 1.54) is 24.0 Å². The summed E-state index contributed by atoms with van der Waals surface area (Å²) in [5, 5.41) is 5.51. The van der Waals surface area contributed by atoms with Gasteiger partial charge < -0.3 is 0 Å². The van der Waals surface area contributed by atoms with Crippen LogP contribution >= 0.6 is 23.1 Å². The molecule has 0 spiro atoms. The molecule has 1 aliphatic rings. The number of urea groups is 1. The van der Waals surface area contributed by atoms with Crippen LogP contribution in [0.25, 0.3) is 22.2 Å². The number of nitrogens with zero attached hydrogens (tertiary/aromatic N) is 5. The van der Waals surface area contributed by atoms with E-state index >= 15 is 0 Å². The Morgan fingerprint density at radius 3 is 2.50 bits per heavy atom. The Morgan fingerprint density at radius 2 is 1.81 bits per heavy atom. The highest BCUT2D eigenvalue weighted by Gasteiger charge is 2.34. The molecule has 0 unspecified atom stereocenters. The van der Waals surface area contributed by atoms with Crippen molar-refractivity contribution in [2.45, 2.75) is 11.1 Å². The third-order valence-corrected chi connectivity index (χ3v) is 8.33. The Hall–Kier alpha value is -3.00. The molecule has 5 rings (SSSR count). The van der Waals surface area contributed by atoms with Crippen molar-refractivity contribution in [1.82, 2.24) is 13.7 Å². The second kappa shape index (κ2) is 7.55. The molecular formula is C19H15FN6O3S3. The number of fused-ring (bicyclic) bond motifs is 1. The molecule has 0 atom stereocenters. The van der Waals surface area contributed by atoms with Crippen LogP contribution in [0, 0.1) is 12.7 Å². The smallest absolute Gasteiger partial charge is 0.292 e. The lowest BCUT2D eigenvalue weighted by Crippen LogP contribution is -2.31. The van der Waals surface area contributed by atoms with Crippen molar-refractivity contribution in [3.63, 3.8) is 0 Å². The van der Waals surface area contributed by atoms with E-state index < -0.39 is 15.8 Å². The summed E-state index contributed by atoms with van der Waals surface area (Å²) in [5.74, 6) is -0.396. The van der Waals surface area contributed by atoms with Gasteiger partial charge in [-0.15, -0.1) is 0 Å². The summed E-state index contributed by atoms with van der Waals surface area (Å²) in [6.45, 7) is 2.30. The van der Waals surface area contributed by atoms with Gasteiger partial charge in [0.2, 0.25) is 10.0 Å². The summed E-state index contributed by atoms with van der Waals surface area (Å²) in [6, 6.07) is 9.58. The number of benzene rings is 2. The van der Waals surface area contributed by atoms with Gasteiger partial charge in [0, 0.05) is 30.4 Å². The van der Waals surface area contributed by atoms with Crippen molar-refractivity contribution in [3.8, 4) is 11.1 Å². The lowest BCUT2D eigenvalue weighted by atomic mass is 10.0. The number of hydrogen-bond acceptors (Lipinski definition) is 8. The van der Waals surface area contributed by atoms with Crippen LogP contribution in [0.15, 0.2) is 40.6 Å². The second-order valence-electron chi connectivity index (χ2n) is 7.13. The number of carbonyl (C=O) groups excluding carboxylic acids is 1. The summed E-state index contributed by atoms with van der Waals surface area (Å²) in [6.07, 6.45) is 0. The van der Waals surface area contributed by atoms with Crippen molar-refractivity contribution in [2.24, 2.45) is 5.14 Å². The molecule has 3 heterocycles. The van der Waals surface area contributed by atoms with Crippen LogP contribution in [-0.4, -0.2) is 41.3 Å². The number of rotatable bonds is 4. The number of carbonyl (C=O) groups is 1. The van der Waals surface area contributed by atoms with E-state index in [4.69, 9.17) is 5.14 Å². The van der Waals surface area contributed by atoms with Gasteiger partial charge in [0.05, 0.1) is 17.4 Å². The molecule has 1 saturated heterocycles. The van der Waals surface area contributed by atoms with Crippen LogP contribution in [0.5, 0.6) is 0 Å². The molecule has 0 radical (unpaired) electrons. The zero-order valence-electron chi connectivity index (χ0n) is 16.5. The molecular weight excluding hydrogens is 475 g/mol. The first-order valence-corrected chi connectivity index (χ1v) is 12.4. The van der Waals surface area contributed by atoms with Crippen LogP contribution in [0.3, 0.4) is 0 Å². The van der Waals surface area contributed by atoms with Crippen molar-refractivity contribution in [3.05, 3.63) is 47.9 Å². The number of halogens is 1. The fourth-order valence-corrected chi connectivity index (χ4v) is 6.11. The summed E-state index contributed by atoms with van der Waals surface area (Å²) < 4.78 is 45.6. The number of primary sulfonamides is 1. The van der Waals surface area contributed by atoms with Crippen molar-refractivity contribution in [1.29, 1.82) is 0 Å². The third kappa shape index (κ3) is 3.52. The van der Waals surface area contributed by atoms with Crippen molar-refractivity contribution in [2.75, 3.05) is 22.9 Å². The average molecular weight is 491 g/mol. The number of aromatic nitrogens is 3. The topological polar surface area (TPSA) is 122 Å². The minimum atomic E-state index is -3.90. The number of amides is 2. The van der Waals surface area contributed by atoms with E-state index in [9.17, 15) is 17.6 Å². The molecule has 164 valence electrons. The fraction of sp³-hybridized carbons (Fsp3) is 0.158. The summed E-state index contributed by atoms with van der Waals surface area (Å²) in [7, 11) is -3.90. The lowest BCUT2D eigenvalue weighted by Gasteiger charge is -2.17. The SMILES string of the molecule is Cc1nc(N2CCN(c3ccc(-c4cc(F)cc5nsnc45)cc3)C2=O)sc1S(N)(=O)=O. The number of aryl methyl sites for hydroxylation is 1. The Bertz CT molecular complexity index is 1470. The van der Waals surface area contributed by atoms with E-state index in [1.54, 1.807) is 29.2 Å². The maximum Gasteiger partial charge on any atom is 0.330 e. The van der Waals surface area contributed by atoms with E-state index in [2.05, 4.69) is 13.7 Å². The van der Waals surface area contributed by atoms with Gasteiger partial charge in [0.1, 0.15) is 16.9 Å². The molecule has 2 N–H and O–H groups in total. The molecule has 13 heteroatoms. The molecule has 2 amide bonds. The minimum absolute atomic E-state index is 0.0546. The Balaban J connectivity index is 1.42. The van der Waals surface area contributed by atoms with Crippen molar-refractivity contribution >= 4 is 61.0 Å². The molecule has 1 fully saturated rings. The minimum Gasteiger partial charge on any atom is -0.292 e. The summed E-state index contributed by atoms with van der Waals surface area (Å²) in [5.41, 5.74) is 3.42. The quantitative estimate of drug-likeness (QED) is 0.468. The van der Waals surface area contributed by atoms with Gasteiger partial charge in [0.15, 0.2) is 9.34 Å². The van der Waals surface area contributed by atoms with Gasteiger partial charge in [-0.05, 0) is 30.7 Å². The van der Waals surface area contributed by atoms with Gasteiger partial charge in [-0.25, -0.2) is 27.7 Å². The zero-order valence-corrected chi connectivity index (χ0v) is 19.0. The molecule has 0 bridgehead atoms. The molecule has 32 heavy (non-hydrogen) atoms. The first-order chi connectivity index (χ1) is 15.2. The van der Waals surface area contributed by atoms with Crippen LogP contribution in [0.2, 0.25) is 0 Å². The molecule has 0 saturated carbocycles. The lowest BCUT2D eigenvalue weighted by molar-refractivity contribution is 0.256. The monoisotopic (exact) mass is 490 g/mol. The number of sulfonamides is 1. The second-order valence-corrected chi connectivity index (χ2v) is 10.4. The van der Waals surface area contributed by atoms with Crippen LogP contribution in [-0.2, 0) is 10.0 Å². The molecule has 1 aliphatic heterocycles. The summed E-state index contributed by atoms with van der Waals surface area (Å²) in [4.78, 5) is 20.2. The summed E-state index contributed by atoms with van der Waals surface area (Å²) >= 11 is 1.90.